The van der Waals surface area contributed by atoms with Crippen LogP contribution in [0.3, 0.4) is 0 Å². The Labute approximate surface area is 191 Å². The first-order valence-corrected chi connectivity index (χ1v) is 12.7. The van der Waals surface area contributed by atoms with E-state index in [0.717, 1.165) is 0 Å². The number of sulfone groups is 1. The average molecular weight is 480 g/mol. The summed E-state index contributed by atoms with van der Waals surface area (Å²) in [7, 11) is -3.08. The monoisotopic (exact) mass is 479 g/mol. The molecule has 32 heavy (non-hydrogen) atoms. The molecule has 3 heterocycles. The van der Waals surface area contributed by atoms with Gasteiger partial charge in [-0.3, -0.25) is 14.5 Å². The van der Waals surface area contributed by atoms with Gasteiger partial charge in [0.15, 0.2) is 9.84 Å². The third-order valence-electron chi connectivity index (χ3n) is 5.93. The molecular weight excluding hydrogens is 454 g/mol. The molecule has 172 valence electrons. The molecule has 1 atom stereocenters. The molecule has 1 aromatic carbocycles. The third kappa shape index (κ3) is 4.97. The highest BCUT2D eigenvalue weighted by Crippen LogP contribution is 2.24. The normalized spacial score (nSPS) is 23.2. The van der Waals surface area contributed by atoms with E-state index < -0.39 is 15.4 Å². The van der Waals surface area contributed by atoms with Crippen LogP contribution in [-0.4, -0.2) is 78.8 Å². The van der Waals surface area contributed by atoms with Crippen LogP contribution >= 0.6 is 11.6 Å². The third-order valence-corrected chi connectivity index (χ3v) is 8.18. The molecule has 2 aliphatic rings. The second-order valence-corrected chi connectivity index (χ2v) is 11.2. The lowest BCUT2D eigenvalue weighted by atomic mass is 10.0. The topological polar surface area (TPSA) is 105 Å². The van der Waals surface area contributed by atoms with Gasteiger partial charge in [0.2, 0.25) is 5.91 Å². The highest BCUT2D eigenvalue weighted by Gasteiger charge is 2.39. The quantitative estimate of drug-likeness (QED) is 0.673. The summed E-state index contributed by atoms with van der Waals surface area (Å²) < 4.78 is 24.7. The van der Waals surface area contributed by atoms with Gasteiger partial charge in [0, 0.05) is 26.2 Å². The number of benzene rings is 1. The zero-order chi connectivity index (χ0) is 22.9. The molecule has 2 fully saturated rings. The Morgan fingerprint density at radius 1 is 1.19 bits per heavy atom. The number of halogens is 1. The van der Waals surface area contributed by atoms with Gasteiger partial charge >= 0.3 is 0 Å². The number of hydrogen-bond donors (Lipinski definition) is 1. The van der Waals surface area contributed by atoms with E-state index in [1.165, 1.54) is 4.68 Å². The Morgan fingerprint density at radius 3 is 2.50 bits per heavy atom. The average Bonchev–Trinajstić information content (AvgIpc) is 3.03. The van der Waals surface area contributed by atoms with Crippen LogP contribution in [-0.2, 0) is 14.6 Å². The molecule has 0 bridgehead atoms. The standard InChI is InChI=1S/C21H26ClN5O4S/c1-21(7-12-32(30,31)15-21)24-18(28)14-25-8-10-26(11-9-25)17-13-23-27(20(29)19(17)22)16-5-3-2-4-6-16/h2-6,13H,7-12,14-15H2,1H3,(H,24,28). The first-order valence-electron chi connectivity index (χ1n) is 10.5. The van der Waals surface area contributed by atoms with Gasteiger partial charge in [0.25, 0.3) is 5.56 Å². The summed E-state index contributed by atoms with van der Waals surface area (Å²) in [5.41, 5.74) is 0.152. The molecule has 0 radical (unpaired) electrons. The van der Waals surface area contributed by atoms with Crippen molar-refractivity contribution in [2.24, 2.45) is 0 Å². The molecular formula is C21H26ClN5O4S. The molecule has 11 heteroatoms. The van der Waals surface area contributed by atoms with Gasteiger partial charge in [-0.15, -0.1) is 0 Å². The second kappa shape index (κ2) is 8.84. The van der Waals surface area contributed by atoms with Gasteiger partial charge in [-0.05, 0) is 25.5 Å². The van der Waals surface area contributed by atoms with E-state index in [2.05, 4.69) is 10.4 Å². The van der Waals surface area contributed by atoms with Gasteiger partial charge in [-0.1, -0.05) is 29.8 Å². The fraction of sp³-hybridized carbons (Fsp3) is 0.476. The fourth-order valence-electron chi connectivity index (χ4n) is 4.23. The van der Waals surface area contributed by atoms with E-state index in [9.17, 15) is 18.0 Å². The van der Waals surface area contributed by atoms with Crippen molar-refractivity contribution in [2.75, 3.05) is 49.1 Å². The first-order chi connectivity index (χ1) is 15.2. The van der Waals surface area contributed by atoms with Crippen molar-refractivity contribution in [1.29, 1.82) is 0 Å². The number of rotatable bonds is 5. The number of nitrogens with zero attached hydrogens (tertiary/aromatic N) is 4. The van der Waals surface area contributed by atoms with Crippen LogP contribution in [0.1, 0.15) is 13.3 Å². The van der Waals surface area contributed by atoms with Crippen molar-refractivity contribution in [3.05, 3.63) is 51.9 Å². The Balaban J connectivity index is 1.35. The van der Waals surface area contributed by atoms with Gasteiger partial charge in [-0.25, -0.2) is 8.42 Å². The number of aromatic nitrogens is 2. The van der Waals surface area contributed by atoms with Crippen LogP contribution in [0.5, 0.6) is 0 Å². The first kappa shape index (κ1) is 22.8. The largest absolute Gasteiger partial charge is 0.366 e. The van der Waals surface area contributed by atoms with Crippen LogP contribution in [0.15, 0.2) is 41.3 Å². The zero-order valence-corrected chi connectivity index (χ0v) is 19.4. The van der Waals surface area contributed by atoms with E-state index in [1.54, 1.807) is 25.3 Å². The Kier molecular flexibility index (Phi) is 6.28. The lowest BCUT2D eigenvalue weighted by molar-refractivity contribution is -0.123. The molecule has 1 N–H and O–H groups in total. The molecule has 2 aromatic rings. The highest BCUT2D eigenvalue weighted by atomic mass is 35.5. The van der Waals surface area contributed by atoms with Crippen molar-refractivity contribution in [3.8, 4) is 5.69 Å². The van der Waals surface area contributed by atoms with E-state index in [-0.39, 0.29) is 34.5 Å². The summed E-state index contributed by atoms with van der Waals surface area (Å²) in [6.07, 6.45) is 2.04. The summed E-state index contributed by atoms with van der Waals surface area (Å²) in [4.78, 5) is 29.2. The van der Waals surface area contributed by atoms with Crippen LogP contribution in [0.25, 0.3) is 5.69 Å². The maximum absolute atomic E-state index is 12.7. The number of para-hydroxylation sites is 1. The number of nitrogens with one attached hydrogen (secondary N) is 1. The SMILES string of the molecule is CC1(NC(=O)CN2CCN(c3cnn(-c4ccccc4)c(=O)c3Cl)CC2)CCS(=O)(=O)C1. The maximum Gasteiger partial charge on any atom is 0.292 e. The number of anilines is 1. The van der Waals surface area contributed by atoms with Crippen molar-refractivity contribution < 1.29 is 13.2 Å². The number of hydrogen-bond acceptors (Lipinski definition) is 7. The summed E-state index contributed by atoms with van der Waals surface area (Å²) >= 11 is 6.39. The molecule has 1 amide bonds. The van der Waals surface area contributed by atoms with E-state index in [4.69, 9.17) is 11.6 Å². The lowest BCUT2D eigenvalue weighted by Crippen LogP contribution is -2.53. The minimum atomic E-state index is -3.08. The van der Waals surface area contributed by atoms with E-state index in [0.29, 0.717) is 44.0 Å². The predicted molar refractivity (Wildman–Crippen MR) is 123 cm³/mol. The number of carbonyl (C=O) groups is 1. The molecule has 0 spiro atoms. The zero-order valence-electron chi connectivity index (χ0n) is 17.8. The second-order valence-electron chi connectivity index (χ2n) is 8.61. The van der Waals surface area contributed by atoms with Crippen LogP contribution in [0.2, 0.25) is 5.02 Å². The van der Waals surface area contributed by atoms with Gasteiger partial charge < -0.3 is 10.2 Å². The van der Waals surface area contributed by atoms with E-state index in [1.807, 2.05) is 28.0 Å². The molecule has 1 aromatic heterocycles. The highest BCUT2D eigenvalue weighted by molar-refractivity contribution is 7.91. The van der Waals surface area contributed by atoms with Gasteiger partial charge in [0.1, 0.15) is 5.02 Å². The summed E-state index contributed by atoms with van der Waals surface area (Å²) in [6, 6.07) is 9.09. The molecule has 2 aliphatic heterocycles. The minimum absolute atomic E-state index is 0.0144. The Morgan fingerprint density at radius 2 is 1.88 bits per heavy atom. The Bertz CT molecular complexity index is 1160. The van der Waals surface area contributed by atoms with Crippen molar-refractivity contribution in [3.63, 3.8) is 0 Å². The molecule has 0 saturated carbocycles. The fourth-order valence-corrected chi connectivity index (χ4v) is 6.57. The molecule has 4 rings (SSSR count). The number of carbonyl (C=O) groups excluding carboxylic acids is 1. The van der Waals surface area contributed by atoms with Gasteiger partial charge in [0.05, 0.1) is 41.2 Å². The maximum atomic E-state index is 12.7. The van der Waals surface area contributed by atoms with Crippen molar-refractivity contribution in [1.82, 2.24) is 20.0 Å². The Hall–Kier alpha value is -2.43. The molecule has 2 saturated heterocycles. The van der Waals surface area contributed by atoms with Crippen LogP contribution < -0.4 is 15.8 Å². The van der Waals surface area contributed by atoms with E-state index >= 15 is 0 Å². The van der Waals surface area contributed by atoms with Crippen molar-refractivity contribution >= 4 is 33.0 Å². The summed E-state index contributed by atoms with van der Waals surface area (Å²) in [6.45, 7) is 4.39. The summed E-state index contributed by atoms with van der Waals surface area (Å²) in [5.74, 6) is -0.0805. The predicted octanol–water partition coefficient (Wildman–Crippen LogP) is 0.701. The smallest absolute Gasteiger partial charge is 0.292 e. The summed E-state index contributed by atoms with van der Waals surface area (Å²) in [5, 5.41) is 7.29. The molecule has 1 unspecified atom stereocenters. The molecule has 0 aliphatic carbocycles. The minimum Gasteiger partial charge on any atom is -0.366 e. The molecule has 9 nitrogen and oxygen atoms in total. The van der Waals surface area contributed by atoms with Crippen LogP contribution in [0.4, 0.5) is 5.69 Å². The number of piperazine rings is 1. The van der Waals surface area contributed by atoms with Crippen LogP contribution in [0, 0.1) is 0 Å². The van der Waals surface area contributed by atoms with Crippen molar-refractivity contribution in [2.45, 2.75) is 18.9 Å². The van der Waals surface area contributed by atoms with Gasteiger partial charge in [-0.2, -0.15) is 9.78 Å². The number of amides is 1. The lowest BCUT2D eigenvalue weighted by Gasteiger charge is -2.36.